The third kappa shape index (κ3) is 1.70. The van der Waals surface area contributed by atoms with Gasteiger partial charge >= 0.3 is 0 Å². The first-order valence-corrected chi connectivity index (χ1v) is 5.17. The lowest BCUT2D eigenvalue weighted by Gasteiger charge is -2.03. The van der Waals surface area contributed by atoms with Crippen LogP contribution in [0.5, 0.6) is 5.75 Å². The van der Waals surface area contributed by atoms with Crippen molar-refractivity contribution >= 4 is 10.9 Å². The molecule has 0 unspecified atom stereocenters. The summed E-state index contributed by atoms with van der Waals surface area (Å²) in [6.45, 7) is 3.24. The summed E-state index contributed by atoms with van der Waals surface area (Å²) in [7, 11) is 2.03. The molecule has 0 aliphatic heterocycles. The van der Waals surface area contributed by atoms with Crippen LogP contribution in [-0.2, 0) is 13.6 Å². The quantitative estimate of drug-likeness (QED) is 0.831. The predicted octanol–water partition coefficient (Wildman–Crippen LogP) is 2.04. The fourth-order valence-electron chi connectivity index (χ4n) is 1.87. The van der Waals surface area contributed by atoms with Gasteiger partial charge in [-0.25, -0.2) is 0 Å². The first-order valence-electron chi connectivity index (χ1n) is 5.17. The van der Waals surface area contributed by atoms with E-state index < -0.39 is 0 Å². The lowest BCUT2D eigenvalue weighted by atomic mass is 10.1. The number of benzene rings is 1. The van der Waals surface area contributed by atoms with Crippen molar-refractivity contribution in [3.63, 3.8) is 0 Å². The zero-order valence-electron chi connectivity index (χ0n) is 9.16. The number of aryl methyl sites for hydroxylation is 1. The Hall–Kier alpha value is -1.48. The number of aromatic nitrogens is 1. The smallest absolute Gasteiger partial charge is 0.120 e. The Kier molecular flexibility index (Phi) is 2.64. The second-order valence-electron chi connectivity index (χ2n) is 3.58. The SMILES string of the molecule is CCOc1ccc2c(c1)c(CN)cn2C. The maximum atomic E-state index is 5.70. The van der Waals surface area contributed by atoms with Crippen LogP contribution in [0.4, 0.5) is 0 Å². The van der Waals surface area contributed by atoms with Crippen molar-refractivity contribution in [2.45, 2.75) is 13.5 Å². The van der Waals surface area contributed by atoms with Gasteiger partial charge in [-0.2, -0.15) is 0 Å². The second-order valence-corrected chi connectivity index (χ2v) is 3.58. The van der Waals surface area contributed by atoms with Crippen LogP contribution in [0.25, 0.3) is 10.9 Å². The average molecular weight is 204 g/mol. The maximum absolute atomic E-state index is 5.70. The summed E-state index contributed by atoms with van der Waals surface area (Å²) in [5, 5.41) is 1.19. The van der Waals surface area contributed by atoms with Crippen LogP contribution in [0.3, 0.4) is 0 Å². The third-order valence-corrected chi connectivity index (χ3v) is 2.57. The van der Waals surface area contributed by atoms with Gasteiger partial charge in [-0.05, 0) is 30.7 Å². The molecule has 2 aromatic rings. The number of hydrogen-bond acceptors (Lipinski definition) is 2. The zero-order valence-corrected chi connectivity index (χ0v) is 9.16. The molecule has 0 radical (unpaired) electrons. The van der Waals surface area contributed by atoms with E-state index in [-0.39, 0.29) is 0 Å². The number of nitrogens with zero attached hydrogens (tertiary/aromatic N) is 1. The number of fused-ring (bicyclic) bond motifs is 1. The molecule has 0 spiro atoms. The van der Waals surface area contributed by atoms with Crippen LogP contribution < -0.4 is 10.5 Å². The summed E-state index contributed by atoms with van der Waals surface area (Å²) in [5.74, 6) is 0.908. The monoisotopic (exact) mass is 204 g/mol. The molecule has 3 heteroatoms. The Morgan fingerprint density at radius 3 is 2.87 bits per heavy atom. The van der Waals surface area contributed by atoms with Crippen LogP contribution in [0, 0.1) is 0 Å². The van der Waals surface area contributed by atoms with Gasteiger partial charge in [0.15, 0.2) is 0 Å². The topological polar surface area (TPSA) is 40.2 Å². The average Bonchev–Trinajstić information content (AvgIpc) is 2.56. The molecule has 0 saturated carbocycles. The fourth-order valence-corrected chi connectivity index (χ4v) is 1.87. The lowest BCUT2D eigenvalue weighted by Crippen LogP contribution is -1.95. The van der Waals surface area contributed by atoms with Crippen LogP contribution in [0.2, 0.25) is 0 Å². The molecule has 1 heterocycles. The number of rotatable bonds is 3. The van der Waals surface area contributed by atoms with Gasteiger partial charge in [0.1, 0.15) is 5.75 Å². The van der Waals surface area contributed by atoms with Gasteiger partial charge in [0.2, 0.25) is 0 Å². The minimum Gasteiger partial charge on any atom is -0.494 e. The molecule has 0 amide bonds. The summed E-state index contributed by atoms with van der Waals surface area (Å²) >= 11 is 0. The summed E-state index contributed by atoms with van der Waals surface area (Å²) in [4.78, 5) is 0. The minimum atomic E-state index is 0.562. The van der Waals surface area contributed by atoms with Crippen molar-refractivity contribution in [2.75, 3.05) is 6.61 Å². The Balaban J connectivity index is 2.58. The highest BCUT2D eigenvalue weighted by Gasteiger charge is 2.06. The molecule has 0 aliphatic carbocycles. The molecule has 2 rings (SSSR count). The summed E-state index contributed by atoms with van der Waals surface area (Å²) in [6.07, 6.45) is 2.07. The van der Waals surface area contributed by atoms with Crippen molar-refractivity contribution in [1.82, 2.24) is 4.57 Å². The molecule has 80 valence electrons. The summed E-state index contributed by atoms with van der Waals surface area (Å²) in [6, 6.07) is 6.12. The van der Waals surface area contributed by atoms with Crippen LogP contribution in [0.15, 0.2) is 24.4 Å². The van der Waals surface area contributed by atoms with Crippen molar-refractivity contribution in [3.05, 3.63) is 30.0 Å². The van der Waals surface area contributed by atoms with Gasteiger partial charge in [0, 0.05) is 30.7 Å². The molecule has 0 fully saturated rings. The highest BCUT2D eigenvalue weighted by Crippen LogP contribution is 2.25. The first kappa shape index (κ1) is 10.1. The molecule has 0 saturated heterocycles. The van der Waals surface area contributed by atoms with E-state index in [1.165, 1.54) is 10.9 Å². The van der Waals surface area contributed by atoms with Crippen molar-refractivity contribution < 1.29 is 4.74 Å². The molecule has 0 bridgehead atoms. The number of nitrogens with two attached hydrogens (primary N) is 1. The zero-order chi connectivity index (χ0) is 10.8. The molecule has 15 heavy (non-hydrogen) atoms. The van der Waals surface area contributed by atoms with E-state index in [1.807, 2.05) is 20.0 Å². The molecular formula is C12H16N2O. The largest absolute Gasteiger partial charge is 0.494 e. The van der Waals surface area contributed by atoms with Crippen LogP contribution in [-0.4, -0.2) is 11.2 Å². The molecule has 0 atom stereocenters. The van der Waals surface area contributed by atoms with E-state index in [0.717, 1.165) is 11.3 Å². The minimum absolute atomic E-state index is 0.562. The van der Waals surface area contributed by atoms with E-state index in [9.17, 15) is 0 Å². The standard InChI is InChI=1S/C12H16N2O/c1-3-15-10-4-5-12-11(6-10)9(7-13)8-14(12)2/h4-6,8H,3,7,13H2,1-2H3. The molecular weight excluding hydrogens is 188 g/mol. The number of ether oxygens (including phenoxy) is 1. The maximum Gasteiger partial charge on any atom is 0.120 e. The van der Waals surface area contributed by atoms with Crippen molar-refractivity contribution in [3.8, 4) is 5.75 Å². The predicted molar refractivity (Wildman–Crippen MR) is 62.0 cm³/mol. The third-order valence-electron chi connectivity index (χ3n) is 2.57. The molecule has 3 nitrogen and oxygen atoms in total. The van der Waals surface area contributed by atoms with Gasteiger partial charge < -0.3 is 15.0 Å². The lowest BCUT2D eigenvalue weighted by molar-refractivity contribution is 0.340. The van der Waals surface area contributed by atoms with E-state index in [2.05, 4.69) is 22.9 Å². The fraction of sp³-hybridized carbons (Fsp3) is 0.333. The van der Waals surface area contributed by atoms with Crippen molar-refractivity contribution in [2.24, 2.45) is 12.8 Å². The molecule has 2 N–H and O–H groups in total. The van der Waals surface area contributed by atoms with E-state index in [0.29, 0.717) is 13.2 Å². The van der Waals surface area contributed by atoms with E-state index in [4.69, 9.17) is 10.5 Å². The Morgan fingerprint density at radius 2 is 2.20 bits per heavy atom. The van der Waals surface area contributed by atoms with Crippen molar-refractivity contribution in [1.29, 1.82) is 0 Å². The van der Waals surface area contributed by atoms with Crippen LogP contribution in [0.1, 0.15) is 12.5 Å². The van der Waals surface area contributed by atoms with E-state index >= 15 is 0 Å². The Labute approximate surface area is 89.4 Å². The normalized spacial score (nSPS) is 10.9. The highest BCUT2D eigenvalue weighted by atomic mass is 16.5. The van der Waals surface area contributed by atoms with Gasteiger partial charge in [-0.1, -0.05) is 0 Å². The Bertz CT molecular complexity index is 474. The summed E-state index contributed by atoms with van der Waals surface area (Å²) in [5.41, 5.74) is 8.05. The van der Waals surface area contributed by atoms with Gasteiger partial charge in [0.05, 0.1) is 6.61 Å². The summed E-state index contributed by atoms with van der Waals surface area (Å²) < 4.78 is 7.56. The first-order chi connectivity index (χ1) is 7.26. The molecule has 1 aromatic carbocycles. The van der Waals surface area contributed by atoms with Gasteiger partial charge in [-0.15, -0.1) is 0 Å². The molecule has 0 aliphatic rings. The molecule has 1 aromatic heterocycles. The van der Waals surface area contributed by atoms with Gasteiger partial charge in [0.25, 0.3) is 0 Å². The second kappa shape index (κ2) is 3.95. The van der Waals surface area contributed by atoms with Crippen LogP contribution >= 0.6 is 0 Å². The van der Waals surface area contributed by atoms with Gasteiger partial charge in [-0.3, -0.25) is 0 Å². The van der Waals surface area contributed by atoms with E-state index in [1.54, 1.807) is 0 Å². The number of hydrogen-bond donors (Lipinski definition) is 1. The Morgan fingerprint density at radius 1 is 1.40 bits per heavy atom. The highest BCUT2D eigenvalue weighted by molar-refractivity contribution is 5.85.